The molecule has 0 heterocycles. The number of unbranched alkanes of at least 4 members (excludes halogenated alkanes) is 2. The normalized spacial score (nSPS) is 14.1. The van der Waals surface area contributed by atoms with Gasteiger partial charge in [-0.2, -0.15) is 0 Å². The minimum atomic E-state index is -0.288. The topological polar surface area (TPSA) is 40.5 Å². The first-order valence-corrected chi connectivity index (χ1v) is 4.26. The molecular formula is C9H18O2. The van der Waals surface area contributed by atoms with Gasteiger partial charge >= 0.3 is 0 Å². The minimum absolute atomic E-state index is 0.268. The Kier molecular flexibility index (Phi) is 7.52. The molecule has 11 heavy (non-hydrogen) atoms. The van der Waals surface area contributed by atoms with E-state index in [1.807, 2.05) is 19.1 Å². The Morgan fingerprint density at radius 2 is 2.09 bits per heavy atom. The van der Waals surface area contributed by atoms with Crippen LogP contribution in [-0.4, -0.2) is 22.9 Å². The van der Waals surface area contributed by atoms with Crippen molar-refractivity contribution in [2.24, 2.45) is 0 Å². The van der Waals surface area contributed by atoms with Crippen LogP contribution in [0, 0.1) is 0 Å². The van der Waals surface area contributed by atoms with Crippen LogP contribution in [0.2, 0.25) is 0 Å². The van der Waals surface area contributed by atoms with Crippen molar-refractivity contribution in [1.29, 1.82) is 0 Å². The van der Waals surface area contributed by atoms with Gasteiger partial charge in [-0.25, -0.2) is 0 Å². The van der Waals surface area contributed by atoms with Gasteiger partial charge in [-0.3, -0.25) is 0 Å². The molecule has 2 heteroatoms. The molecule has 0 fully saturated rings. The Morgan fingerprint density at radius 3 is 2.64 bits per heavy atom. The van der Waals surface area contributed by atoms with Crippen LogP contribution in [0.3, 0.4) is 0 Å². The second-order valence-electron chi connectivity index (χ2n) is 2.62. The second-order valence-corrected chi connectivity index (χ2v) is 2.62. The molecule has 0 rings (SSSR count). The Hall–Kier alpha value is -0.340. The fourth-order valence-corrected chi connectivity index (χ4v) is 0.763. The highest BCUT2D eigenvalue weighted by Crippen LogP contribution is 1.98. The molecule has 1 atom stereocenters. The zero-order chi connectivity index (χ0) is 8.53. The van der Waals surface area contributed by atoms with Gasteiger partial charge in [0.2, 0.25) is 0 Å². The summed E-state index contributed by atoms with van der Waals surface area (Å²) in [5.74, 6) is 0. The molecule has 0 aromatic heterocycles. The van der Waals surface area contributed by atoms with Crippen molar-refractivity contribution >= 4 is 0 Å². The van der Waals surface area contributed by atoms with Crippen molar-refractivity contribution in [3.05, 3.63) is 12.2 Å². The highest BCUT2D eigenvalue weighted by molar-refractivity contribution is 4.87. The summed E-state index contributed by atoms with van der Waals surface area (Å²) < 4.78 is 0. The summed E-state index contributed by atoms with van der Waals surface area (Å²) in [5, 5.41) is 17.5. The summed E-state index contributed by atoms with van der Waals surface area (Å²) in [6, 6.07) is 0. The van der Waals surface area contributed by atoms with Crippen molar-refractivity contribution in [3.63, 3.8) is 0 Å². The molecule has 1 unspecified atom stereocenters. The summed E-state index contributed by atoms with van der Waals surface area (Å²) in [6.07, 6.45) is 7.09. The van der Waals surface area contributed by atoms with E-state index in [9.17, 15) is 0 Å². The molecule has 0 saturated heterocycles. The molecule has 2 nitrogen and oxygen atoms in total. The van der Waals surface area contributed by atoms with E-state index in [2.05, 4.69) is 0 Å². The average molecular weight is 158 g/mol. The van der Waals surface area contributed by atoms with Gasteiger partial charge < -0.3 is 10.2 Å². The van der Waals surface area contributed by atoms with Crippen LogP contribution in [0.4, 0.5) is 0 Å². The predicted molar refractivity (Wildman–Crippen MR) is 46.4 cm³/mol. The lowest BCUT2D eigenvalue weighted by molar-refractivity contribution is 0.218. The first kappa shape index (κ1) is 10.7. The smallest absolute Gasteiger partial charge is 0.0718 e. The van der Waals surface area contributed by atoms with E-state index in [4.69, 9.17) is 10.2 Å². The van der Waals surface area contributed by atoms with E-state index in [1.54, 1.807) is 0 Å². The summed E-state index contributed by atoms with van der Waals surface area (Å²) in [4.78, 5) is 0. The monoisotopic (exact) mass is 158 g/mol. The third kappa shape index (κ3) is 7.56. The lowest BCUT2D eigenvalue weighted by Crippen LogP contribution is -1.97. The molecule has 0 aromatic carbocycles. The van der Waals surface area contributed by atoms with Crippen LogP contribution in [0.1, 0.15) is 32.6 Å². The molecule has 0 aliphatic carbocycles. The third-order valence-corrected chi connectivity index (χ3v) is 1.56. The lowest BCUT2D eigenvalue weighted by atomic mass is 10.2. The van der Waals surface area contributed by atoms with E-state index < -0.39 is 0 Å². The Morgan fingerprint density at radius 1 is 1.36 bits per heavy atom. The fraction of sp³-hybridized carbons (Fsp3) is 0.778. The van der Waals surface area contributed by atoms with Crippen molar-refractivity contribution in [2.45, 2.75) is 38.7 Å². The molecule has 0 amide bonds. The van der Waals surface area contributed by atoms with Crippen molar-refractivity contribution in [1.82, 2.24) is 0 Å². The van der Waals surface area contributed by atoms with Gasteiger partial charge in [-0.15, -0.1) is 0 Å². The third-order valence-electron chi connectivity index (χ3n) is 1.56. The van der Waals surface area contributed by atoms with Crippen molar-refractivity contribution in [3.8, 4) is 0 Å². The maximum absolute atomic E-state index is 9.08. The van der Waals surface area contributed by atoms with Gasteiger partial charge in [-0.05, 0) is 25.7 Å². The quantitative estimate of drug-likeness (QED) is 0.454. The maximum atomic E-state index is 9.08. The van der Waals surface area contributed by atoms with Gasteiger partial charge in [0.1, 0.15) is 0 Å². The number of aliphatic hydroxyl groups excluding tert-OH is 2. The van der Waals surface area contributed by atoms with Gasteiger partial charge in [0.25, 0.3) is 0 Å². The molecule has 0 saturated carbocycles. The minimum Gasteiger partial charge on any atom is -0.396 e. The molecule has 0 radical (unpaired) electrons. The Labute approximate surface area is 68.6 Å². The predicted octanol–water partition coefficient (Wildman–Crippen LogP) is 1.48. The van der Waals surface area contributed by atoms with Gasteiger partial charge in [0.05, 0.1) is 6.10 Å². The van der Waals surface area contributed by atoms with Gasteiger partial charge in [0.15, 0.2) is 0 Å². The number of allylic oxidation sites excluding steroid dienone is 1. The van der Waals surface area contributed by atoms with E-state index >= 15 is 0 Å². The molecular weight excluding hydrogens is 140 g/mol. The van der Waals surface area contributed by atoms with Crippen LogP contribution >= 0.6 is 0 Å². The number of hydrogen-bond acceptors (Lipinski definition) is 2. The maximum Gasteiger partial charge on any atom is 0.0718 e. The zero-order valence-corrected chi connectivity index (χ0v) is 7.16. The molecule has 0 aromatic rings. The Balaban J connectivity index is 3.15. The van der Waals surface area contributed by atoms with Crippen LogP contribution in [0.15, 0.2) is 12.2 Å². The highest BCUT2D eigenvalue weighted by atomic mass is 16.3. The fourth-order valence-electron chi connectivity index (χ4n) is 0.763. The summed E-state index contributed by atoms with van der Waals surface area (Å²) in [6.45, 7) is 2.22. The number of rotatable bonds is 6. The van der Waals surface area contributed by atoms with Crippen LogP contribution in [-0.2, 0) is 0 Å². The Bertz CT molecular complexity index is 99.7. The lowest BCUT2D eigenvalue weighted by Gasteiger charge is -1.98. The molecule has 0 spiro atoms. The largest absolute Gasteiger partial charge is 0.396 e. The number of hydrogen-bond donors (Lipinski definition) is 2. The van der Waals surface area contributed by atoms with Gasteiger partial charge in [0, 0.05) is 6.61 Å². The molecule has 0 bridgehead atoms. The molecule has 0 aliphatic heterocycles. The first-order chi connectivity index (χ1) is 5.31. The first-order valence-electron chi connectivity index (χ1n) is 4.26. The van der Waals surface area contributed by atoms with E-state index in [0.717, 1.165) is 25.7 Å². The molecule has 66 valence electrons. The summed E-state index contributed by atoms with van der Waals surface area (Å²) in [5.41, 5.74) is 0. The second kappa shape index (κ2) is 7.76. The zero-order valence-electron chi connectivity index (χ0n) is 7.16. The average Bonchev–Trinajstić information content (AvgIpc) is 2.04. The number of aliphatic hydroxyl groups is 2. The SMILES string of the molecule is CCC(O)C=CCCCCO. The molecule has 2 N–H and O–H groups in total. The van der Waals surface area contributed by atoms with Crippen LogP contribution in [0.25, 0.3) is 0 Å². The van der Waals surface area contributed by atoms with Crippen molar-refractivity contribution in [2.75, 3.05) is 6.61 Å². The van der Waals surface area contributed by atoms with Crippen molar-refractivity contribution < 1.29 is 10.2 Å². The van der Waals surface area contributed by atoms with Gasteiger partial charge in [-0.1, -0.05) is 19.1 Å². The summed E-state index contributed by atoms with van der Waals surface area (Å²) >= 11 is 0. The van der Waals surface area contributed by atoms with E-state index in [0.29, 0.717) is 0 Å². The highest BCUT2D eigenvalue weighted by Gasteiger charge is 1.90. The molecule has 0 aliphatic rings. The van der Waals surface area contributed by atoms with Crippen LogP contribution in [0.5, 0.6) is 0 Å². The van der Waals surface area contributed by atoms with Crippen LogP contribution < -0.4 is 0 Å². The van der Waals surface area contributed by atoms with E-state index in [-0.39, 0.29) is 12.7 Å². The van der Waals surface area contributed by atoms with E-state index in [1.165, 1.54) is 0 Å². The summed E-state index contributed by atoms with van der Waals surface area (Å²) in [7, 11) is 0. The standard InChI is InChI=1S/C9H18O2/c1-2-9(11)7-5-3-4-6-8-10/h5,7,9-11H,2-4,6,8H2,1H3.